The van der Waals surface area contributed by atoms with E-state index in [1.54, 1.807) is 6.20 Å². The summed E-state index contributed by atoms with van der Waals surface area (Å²) < 4.78 is 0. The maximum Gasteiger partial charge on any atom is 0.133 e. The zero-order valence-corrected chi connectivity index (χ0v) is 11.5. The Morgan fingerprint density at radius 2 is 2.11 bits per heavy atom. The van der Waals surface area contributed by atoms with Crippen LogP contribution in [0.4, 0.5) is 0 Å². The third-order valence-electron chi connectivity index (χ3n) is 2.71. The van der Waals surface area contributed by atoms with E-state index >= 15 is 0 Å². The van der Waals surface area contributed by atoms with Gasteiger partial charge >= 0.3 is 0 Å². The minimum Gasteiger partial charge on any atom is -0.311 e. The van der Waals surface area contributed by atoms with Crippen LogP contribution in [0.5, 0.6) is 0 Å². The summed E-state index contributed by atoms with van der Waals surface area (Å²) >= 11 is 0. The molecule has 4 heteroatoms. The standard InChI is InChI=1S/C15H20N4/c1-12(2)9-17-11-14-5-7-18-15(19-14)8-13-4-3-6-16-10-13/h3-7,10,12,17H,8-9,11H2,1-2H3. The van der Waals surface area contributed by atoms with E-state index in [-0.39, 0.29) is 0 Å². The van der Waals surface area contributed by atoms with Crippen molar-refractivity contribution in [1.82, 2.24) is 20.3 Å². The average molecular weight is 256 g/mol. The molecule has 0 radical (unpaired) electrons. The molecule has 2 rings (SSSR count). The van der Waals surface area contributed by atoms with Gasteiger partial charge in [0.15, 0.2) is 0 Å². The molecular weight excluding hydrogens is 236 g/mol. The van der Waals surface area contributed by atoms with Gasteiger partial charge in [-0.25, -0.2) is 9.97 Å². The number of nitrogens with zero attached hydrogens (tertiary/aromatic N) is 3. The lowest BCUT2D eigenvalue weighted by molar-refractivity contribution is 0.547. The van der Waals surface area contributed by atoms with Crippen LogP contribution in [0.3, 0.4) is 0 Å². The SMILES string of the molecule is CC(C)CNCc1ccnc(Cc2cccnc2)n1. The van der Waals surface area contributed by atoms with Gasteiger partial charge in [0, 0.05) is 31.6 Å². The highest BCUT2D eigenvalue weighted by molar-refractivity contribution is 5.15. The van der Waals surface area contributed by atoms with Gasteiger partial charge in [-0.15, -0.1) is 0 Å². The Bertz CT molecular complexity index is 497. The van der Waals surface area contributed by atoms with E-state index in [9.17, 15) is 0 Å². The lowest BCUT2D eigenvalue weighted by Gasteiger charge is -2.07. The van der Waals surface area contributed by atoms with Crippen molar-refractivity contribution in [1.29, 1.82) is 0 Å². The lowest BCUT2D eigenvalue weighted by Crippen LogP contribution is -2.20. The van der Waals surface area contributed by atoms with Crippen molar-refractivity contribution in [3.05, 3.63) is 53.9 Å². The van der Waals surface area contributed by atoms with Crippen LogP contribution in [0.25, 0.3) is 0 Å². The second-order valence-electron chi connectivity index (χ2n) is 5.03. The molecule has 0 saturated heterocycles. The van der Waals surface area contributed by atoms with E-state index in [0.717, 1.165) is 36.6 Å². The Hall–Kier alpha value is -1.81. The maximum absolute atomic E-state index is 4.56. The zero-order chi connectivity index (χ0) is 13.5. The molecule has 0 aliphatic carbocycles. The summed E-state index contributed by atoms with van der Waals surface area (Å²) in [6.45, 7) is 6.18. The first-order chi connectivity index (χ1) is 9.24. The molecule has 0 amide bonds. The van der Waals surface area contributed by atoms with E-state index in [1.807, 2.05) is 30.6 Å². The van der Waals surface area contributed by atoms with E-state index < -0.39 is 0 Å². The smallest absolute Gasteiger partial charge is 0.133 e. The monoisotopic (exact) mass is 256 g/mol. The summed E-state index contributed by atoms with van der Waals surface area (Å²) in [4.78, 5) is 13.0. The van der Waals surface area contributed by atoms with E-state index in [0.29, 0.717) is 5.92 Å². The fourth-order valence-electron chi connectivity index (χ4n) is 1.80. The summed E-state index contributed by atoms with van der Waals surface area (Å²) in [6, 6.07) is 5.93. The number of nitrogens with one attached hydrogen (secondary N) is 1. The Kier molecular flexibility index (Phi) is 4.98. The lowest BCUT2D eigenvalue weighted by atomic mass is 10.2. The molecule has 2 heterocycles. The first-order valence-electron chi connectivity index (χ1n) is 6.64. The van der Waals surface area contributed by atoms with E-state index in [4.69, 9.17) is 0 Å². The van der Waals surface area contributed by atoms with Crippen LogP contribution in [-0.4, -0.2) is 21.5 Å². The van der Waals surface area contributed by atoms with Crippen LogP contribution in [0, 0.1) is 5.92 Å². The van der Waals surface area contributed by atoms with Crippen molar-refractivity contribution < 1.29 is 0 Å². The van der Waals surface area contributed by atoms with Gasteiger partial charge < -0.3 is 5.32 Å². The van der Waals surface area contributed by atoms with Gasteiger partial charge in [-0.05, 0) is 30.2 Å². The van der Waals surface area contributed by atoms with Crippen molar-refractivity contribution in [2.24, 2.45) is 5.92 Å². The summed E-state index contributed by atoms with van der Waals surface area (Å²) in [5.74, 6) is 1.49. The number of aromatic nitrogens is 3. The highest BCUT2D eigenvalue weighted by Crippen LogP contribution is 2.04. The first-order valence-corrected chi connectivity index (χ1v) is 6.64. The molecule has 100 valence electrons. The minimum absolute atomic E-state index is 0.650. The van der Waals surface area contributed by atoms with Crippen LogP contribution in [0.15, 0.2) is 36.8 Å². The summed E-state index contributed by atoms with van der Waals surface area (Å²) in [6.07, 6.45) is 6.18. The molecule has 2 aromatic rings. The largest absolute Gasteiger partial charge is 0.311 e. The Morgan fingerprint density at radius 3 is 2.84 bits per heavy atom. The average Bonchev–Trinajstić information content (AvgIpc) is 2.40. The molecule has 19 heavy (non-hydrogen) atoms. The Morgan fingerprint density at radius 1 is 1.21 bits per heavy atom. The molecule has 0 bridgehead atoms. The third kappa shape index (κ3) is 4.75. The summed E-state index contributed by atoms with van der Waals surface area (Å²) in [5, 5.41) is 3.39. The fourth-order valence-corrected chi connectivity index (χ4v) is 1.80. The van der Waals surface area contributed by atoms with Crippen LogP contribution < -0.4 is 5.32 Å². The second-order valence-corrected chi connectivity index (χ2v) is 5.03. The van der Waals surface area contributed by atoms with Gasteiger partial charge in [0.1, 0.15) is 5.82 Å². The molecule has 0 saturated carbocycles. The number of rotatable bonds is 6. The molecule has 2 aromatic heterocycles. The van der Waals surface area contributed by atoms with Crippen molar-refractivity contribution in [3.63, 3.8) is 0 Å². The normalized spacial score (nSPS) is 10.9. The molecule has 0 aliphatic heterocycles. The summed E-state index contributed by atoms with van der Waals surface area (Å²) in [7, 11) is 0. The van der Waals surface area contributed by atoms with Gasteiger partial charge in [-0.3, -0.25) is 4.98 Å². The molecule has 0 fully saturated rings. The summed E-state index contributed by atoms with van der Waals surface area (Å²) in [5.41, 5.74) is 2.17. The highest BCUT2D eigenvalue weighted by Gasteiger charge is 2.02. The number of hydrogen-bond acceptors (Lipinski definition) is 4. The van der Waals surface area contributed by atoms with Gasteiger partial charge in [0.25, 0.3) is 0 Å². The molecular formula is C15H20N4. The van der Waals surface area contributed by atoms with Crippen LogP contribution in [0.1, 0.15) is 30.9 Å². The molecule has 4 nitrogen and oxygen atoms in total. The van der Waals surface area contributed by atoms with E-state index in [1.165, 1.54) is 0 Å². The molecule has 0 spiro atoms. The molecule has 0 unspecified atom stereocenters. The molecule has 0 aliphatic rings. The van der Waals surface area contributed by atoms with Crippen molar-refractivity contribution in [3.8, 4) is 0 Å². The van der Waals surface area contributed by atoms with Crippen LogP contribution in [0.2, 0.25) is 0 Å². The van der Waals surface area contributed by atoms with Crippen molar-refractivity contribution in [2.75, 3.05) is 6.54 Å². The quantitative estimate of drug-likeness (QED) is 0.861. The topological polar surface area (TPSA) is 50.7 Å². The molecule has 0 aromatic carbocycles. The van der Waals surface area contributed by atoms with Gasteiger partial charge in [-0.2, -0.15) is 0 Å². The predicted octanol–water partition coefficient (Wildman–Crippen LogP) is 2.21. The van der Waals surface area contributed by atoms with Gasteiger partial charge in [0.2, 0.25) is 0 Å². The third-order valence-corrected chi connectivity index (χ3v) is 2.71. The fraction of sp³-hybridized carbons (Fsp3) is 0.400. The van der Waals surface area contributed by atoms with E-state index in [2.05, 4.69) is 34.1 Å². The highest BCUT2D eigenvalue weighted by atomic mass is 14.9. The van der Waals surface area contributed by atoms with Gasteiger partial charge in [0.05, 0.1) is 5.69 Å². The number of pyridine rings is 1. The predicted molar refractivity (Wildman–Crippen MR) is 75.6 cm³/mol. The van der Waals surface area contributed by atoms with Crippen LogP contribution >= 0.6 is 0 Å². The number of hydrogen-bond donors (Lipinski definition) is 1. The molecule has 0 atom stereocenters. The van der Waals surface area contributed by atoms with Gasteiger partial charge in [-0.1, -0.05) is 19.9 Å². The maximum atomic E-state index is 4.56. The first kappa shape index (κ1) is 13.6. The second kappa shape index (κ2) is 6.95. The zero-order valence-electron chi connectivity index (χ0n) is 11.5. The Labute approximate surface area is 114 Å². The minimum atomic E-state index is 0.650. The van der Waals surface area contributed by atoms with Crippen LogP contribution in [-0.2, 0) is 13.0 Å². The van der Waals surface area contributed by atoms with Crippen molar-refractivity contribution in [2.45, 2.75) is 26.8 Å². The molecule has 1 N–H and O–H groups in total. The van der Waals surface area contributed by atoms with Crippen molar-refractivity contribution >= 4 is 0 Å². The Balaban J connectivity index is 1.95.